The molecule has 0 aliphatic carbocycles. The van der Waals surface area contributed by atoms with Crippen molar-refractivity contribution in [3.8, 4) is 5.75 Å². The van der Waals surface area contributed by atoms with Crippen LogP contribution >= 0.6 is 11.6 Å². The third-order valence-electron chi connectivity index (χ3n) is 4.48. The summed E-state index contributed by atoms with van der Waals surface area (Å²) in [5, 5.41) is 12.7. The van der Waals surface area contributed by atoms with Crippen molar-refractivity contribution in [3.05, 3.63) is 82.4 Å². The molecule has 6 nitrogen and oxygen atoms in total. The molecule has 0 aliphatic rings. The smallest absolute Gasteiger partial charge is 0.261 e. The molecule has 0 fully saturated rings. The number of carbonyl (C=O) groups is 1. The minimum absolute atomic E-state index is 0.0283. The van der Waals surface area contributed by atoms with Crippen LogP contribution in [0.15, 0.2) is 65.6 Å². The number of benzene rings is 3. The normalized spacial score (nSPS) is 11.1. The van der Waals surface area contributed by atoms with Crippen LogP contribution in [0.3, 0.4) is 0 Å². The van der Waals surface area contributed by atoms with E-state index in [0.717, 1.165) is 11.1 Å². The van der Waals surface area contributed by atoms with Gasteiger partial charge in [-0.3, -0.25) is 9.52 Å². The van der Waals surface area contributed by atoms with Crippen molar-refractivity contribution >= 4 is 38.9 Å². The van der Waals surface area contributed by atoms with Gasteiger partial charge in [0.15, 0.2) is 0 Å². The highest BCUT2D eigenvalue weighted by Gasteiger charge is 2.17. The lowest BCUT2D eigenvalue weighted by Crippen LogP contribution is -2.15. The van der Waals surface area contributed by atoms with Crippen LogP contribution in [-0.2, 0) is 10.0 Å². The molecule has 150 valence electrons. The number of sulfonamides is 1. The summed E-state index contributed by atoms with van der Waals surface area (Å²) in [6, 6.07) is 15.1. The molecule has 3 N–H and O–H groups in total. The fourth-order valence-electron chi connectivity index (χ4n) is 2.65. The predicted octanol–water partition coefficient (Wildman–Crippen LogP) is 4.72. The Balaban J connectivity index is 1.79. The van der Waals surface area contributed by atoms with Crippen LogP contribution in [0.5, 0.6) is 5.75 Å². The van der Waals surface area contributed by atoms with E-state index in [1.807, 2.05) is 19.9 Å². The van der Waals surface area contributed by atoms with Gasteiger partial charge in [-0.15, -0.1) is 0 Å². The average molecular weight is 431 g/mol. The third-order valence-corrected chi connectivity index (χ3v) is 6.10. The molecule has 0 aromatic heterocycles. The van der Waals surface area contributed by atoms with Gasteiger partial charge in [-0.1, -0.05) is 23.7 Å². The van der Waals surface area contributed by atoms with E-state index in [0.29, 0.717) is 10.7 Å². The maximum absolute atomic E-state index is 12.7. The number of hydrogen-bond donors (Lipinski definition) is 3. The van der Waals surface area contributed by atoms with Crippen molar-refractivity contribution in [1.29, 1.82) is 0 Å². The van der Waals surface area contributed by atoms with Gasteiger partial charge in [0.25, 0.3) is 15.9 Å². The highest BCUT2D eigenvalue weighted by atomic mass is 35.5. The molecule has 1 amide bonds. The maximum atomic E-state index is 12.7. The van der Waals surface area contributed by atoms with Crippen LogP contribution in [0.25, 0.3) is 0 Å². The summed E-state index contributed by atoms with van der Waals surface area (Å²) in [7, 11) is -3.81. The van der Waals surface area contributed by atoms with Gasteiger partial charge < -0.3 is 10.4 Å². The molecule has 0 atom stereocenters. The fourth-order valence-corrected chi connectivity index (χ4v) is 3.95. The lowest BCUT2D eigenvalue weighted by atomic mass is 10.1. The molecule has 0 aliphatic heterocycles. The molecule has 0 bridgehead atoms. The second-order valence-corrected chi connectivity index (χ2v) is 8.61. The molecule has 29 heavy (non-hydrogen) atoms. The Kier molecular flexibility index (Phi) is 5.81. The Labute approximate surface area is 174 Å². The average Bonchev–Trinajstić information content (AvgIpc) is 2.68. The molecule has 0 saturated carbocycles. The molecule has 3 aromatic rings. The first-order valence-electron chi connectivity index (χ1n) is 8.66. The number of rotatable bonds is 5. The molecule has 3 rings (SSSR count). The van der Waals surface area contributed by atoms with Crippen LogP contribution in [0, 0.1) is 13.8 Å². The summed E-state index contributed by atoms with van der Waals surface area (Å²) in [5.41, 5.74) is 2.71. The number of halogens is 1. The van der Waals surface area contributed by atoms with Gasteiger partial charge in [0, 0.05) is 10.6 Å². The molecule has 0 spiro atoms. The van der Waals surface area contributed by atoms with E-state index in [2.05, 4.69) is 10.0 Å². The second kappa shape index (κ2) is 8.14. The summed E-state index contributed by atoms with van der Waals surface area (Å²) < 4.78 is 27.9. The van der Waals surface area contributed by atoms with Crippen molar-refractivity contribution in [2.24, 2.45) is 0 Å². The number of phenolic OH excluding ortho intramolecular Hbond substituents is 1. The molecule has 0 unspecified atom stereocenters. The Morgan fingerprint density at radius 2 is 1.66 bits per heavy atom. The van der Waals surface area contributed by atoms with Gasteiger partial charge >= 0.3 is 0 Å². The van der Waals surface area contributed by atoms with E-state index >= 15 is 0 Å². The SMILES string of the molecule is Cc1cccc(NS(=O)(=O)c2ccc(C(=O)Nc3cc(Cl)ccc3O)cc2)c1C. The first-order valence-corrected chi connectivity index (χ1v) is 10.5. The lowest BCUT2D eigenvalue weighted by Gasteiger charge is -2.12. The largest absolute Gasteiger partial charge is 0.506 e. The van der Waals surface area contributed by atoms with E-state index in [1.165, 1.54) is 42.5 Å². The minimum Gasteiger partial charge on any atom is -0.506 e. The summed E-state index contributed by atoms with van der Waals surface area (Å²) >= 11 is 5.87. The number of hydrogen-bond acceptors (Lipinski definition) is 4. The molecular weight excluding hydrogens is 412 g/mol. The van der Waals surface area contributed by atoms with Crippen molar-refractivity contribution in [3.63, 3.8) is 0 Å². The summed E-state index contributed by atoms with van der Waals surface area (Å²) in [6.45, 7) is 3.74. The standard InChI is InChI=1S/C21H19ClN2O4S/c1-13-4-3-5-18(14(13)2)24-29(27,28)17-9-6-15(7-10-17)21(26)23-19-12-16(22)8-11-20(19)25/h3-12,24-25H,1-2H3,(H,23,26). The highest BCUT2D eigenvalue weighted by Crippen LogP contribution is 2.27. The van der Waals surface area contributed by atoms with Crippen molar-refractivity contribution < 1.29 is 18.3 Å². The number of aromatic hydroxyl groups is 1. The second-order valence-electron chi connectivity index (χ2n) is 6.49. The molecule has 0 saturated heterocycles. The van der Waals surface area contributed by atoms with Gasteiger partial charge in [-0.25, -0.2) is 8.42 Å². The van der Waals surface area contributed by atoms with E-state index in [1.54, 1.807) is 12.1 Å². The van der Waals surface area contributed by atoms with Crippen LogP contribution < -0.4 is 10.0 Å². The monoisotopic (exact) mass is 430 g/mol. The van der Waals surface area contributed by atoms with Gasteiger partial charge in [-0.05, 0) is 73.5 Å². The number of anilines is 2. The number of amides is 1. The van der Waals surface area contributed by atoms with E-state index in [4.69, 9.17) is 11.6 Å². The van der Waals surface area contributed by atoms with Gasteiger partial charge in [0.2, 0.25) is 0 Å². The molecule has 0 radical (unpaired) electrons. The lowest BCUT2D eigenvalue weighted by molar-refractivity contribution is 0.102. The molecule has 0 heterocycles. The van der Waals surface area contributed by atoms with Crippen LogP contribution in [0.1, 0.15) is 21.5 Å². The van der Waals surface area contributed by atoms with Crippen LogP contribution in [-0.4, -0.2) is 19.4 Å². The first kappa shape index (κ1) is 20.7. The van der Waals surface area contributed by atoms with E-state index < -0.39 is 15.9 Å². The quantitative estimate of drug-likeness (QED) is 0.510. The van der Waals surface area contributed by atoms with E-state index in [-0.39, 0.29) is 21.9 Å². The molecular formula is C21H19ClN2O4S. The Morgan fingerprint density at radius 1 is 0.966 bits per heavy atom. The van der Waals surface area contributed by atoms with Gasteiger partial charge in [-0.2, -0.15) is 0 Å². The van der Waals surface area contributed by atoms with Crippen molar-refractivity contribution in [2.45, 2.75) is 18.7 Å². The van der Waals surface area contributed by atoms with Crippen molar-refractivity contribution in [1.82, 2.24) is 0 Å². The number of nitrogens with one attached hydrogen (secondary N) is 2. The summed E-state index contributed by atoms with van der Waals surface area (Å²) in [5.74, 6) is -0.631. The maximum Gasteiger partial charge on any atom is 0.261 e. The minimum atomic E-state index is -3.81. The topological polar surface area (TPSA) is 95.5 Å². The Hall–Kier alpha value is -3.03. The fraction of sp³-hybridized carbons (Fsp3) is 0.0952. The number of aryl methyl sites for hydroxylation is 1. The predicted molar refractivity (Wildman–Crippen MR) is 114 cm³/mol. The molecule has 8 heteroatoms. The Bertz CT molecular complexity index is 1180. The number of phenols is 1. The third kappa shape index (κ3) is 4.70. The van der Waals surface area contributed by atoms with Gasteiger partial charge in [0.05, 0.1) is 16.3 Å². The molecule has 3 aromatic carbocycles. The Morgan fingerprint density at radius 3 is 2.34 bits per heavy atom. The summed E-state index contributed by atoms with van der Waals surface area (Å²) in [6.07, 6.45) is 0. The van der Waals surface area contributed by atoms with Crippen molar-refractivity contribution in [2.75, 3.05) is 10.0 Å². The zero-order valence-corrected chi connectivity index (χ0v) is 17.3. The van der Waals surface area contributed by atoms with Crippen LogP contribution in [0.2, 0.25) is 5.02 Å². The van der Waals surface area contributed by atoms with E-state index in [9.17, 15) is 18.3 Å². The zero-order chi connectivity index (χ0) is 21.2. The zero-order valence-electron chi connectivity index (χ0n) is 15.7. The van der Waals surface area contributed by atoms with Crippen LogP contribution in [0.4, 0.5) is 11.4 Å². The first-order chi connectivity index (χ1) is 13.7. The van der Waals surface area contributed by atoms with Gasteiger partial charge in [0.1, 0.15) is 5.75 Å². The number of carbonyl (C=O) groups excluding carboxylic acids is 1. The summed E-state index contributed by atoms with van der Waals surface area (Å²) in [4.78, 5) is 12.4. The highest BCUT2D eigenvalue weighted by molar-refractivity contribution is 7.92.